The number of nitrogens with zero attached hydrogens (tertiary/aromatic N) is 1. The van der Waals surface area contributed by atoms with Gasteiger partial charge in [-0.15, -0.1) is 0 Å². The lowest BCUT2D eigenvalue weighted by atomic mass is 9.87. The van der Waals surface area contributed by atoms with Gasteiger partial charge in [-0.1, -0.05) is 24.3 Å². The van der Waals surface area contributed by atoms with E-state index in [0.29, 0.717) is 17.1 Å². The van der Waals surface area contributed by atoms with E-state index in [-0.39, 0.29) is 11.9 Å². The number of amides is 1. The Hall–Kier alpha value is -2.49. The lowest BCUT2D eigenvalue weighted by Gasteiger charge is -2.33. The van der Waals surface area contributed by atoms with Gasteiger partial charge in [0.25, 0.3) is 5.91 Å². The molecule has 1 unspecified atom stereocenters. The Morgan fingerprint density at radius 3 is 2.42 bits per heavy atom. The van der Waals surface area contributed by atoms with Gasteiger partial charge in [-0.05, 0) is 42.5 Å². The number of benzene rings is 2. The van der Waals surface area contributed by atoms with Crippen molar-refractivity contribution in [3.05, 3.63) is 59.2 Å². The zero-order chi connectivity index (χ0) is 17.1. The summed E-state index contributed by atoms with van der Waals surface area (Å²) < 4.78 is 10.6. The van der Waals surface area contributed by atoms with Gasteiger partial charge in [0.05, 0.1) is 20.3 Å². The van der Waals surface area contributed by atoms with Crippen molar-refractivity contribution >= 4 is 5.91 Å². The molecule has 1 aliphatic carbocycles. The molecule has 4 heteroatoms. The van der Waals surface area contributed by atoms with Crippen LogP contribution in [0.4, 0.5) is 0 Å². The van der Waals surface area contributed by atoms with Crippen molar-refractivity contribution in [2.75, 3.05) is 21.3 Å². The van der Waals surface area contributed by atoms with Crippen molar-refractivity contribution in [1.29, 1.82) is 0 Å². The van der Waals surface area contributed by atoms with Gasteiger partial charge in [0, 0.05) is 18.7 Å². The van der Waals surface area contributed by atoms with Gasteiger partial charge in [0.2, 0.25) is 0 Å². The summed E-state index contributed by atoms with van der Waals surface area (Å²) in [6.45, 7) is 0. The van der Waals surface area contributed by atoms with Crippen molar-refractivity contribution in [3.63, 3.8) is 0 Å². The molecule has 1 aliphatic rings. The molecule has 0 radical (unpaired) electrons. The van der Waals surface area contributed by atoms with Crippen LogP contribution >= 0.6 is 0 Å². The lowest BCUT2D eigenvalue weighted by Crippen LogP contribution is -2.33. The van der Waals surface area contributed by atoms with E-state index in [1.54, 1.807) is 32.4 Å². The number of carbonyl (C=O) groups excluding carboxylic acids is 1. The van der Waals surface area contributed by atoms with Crippen LogP contribution in [0.15, 0.2) is 42.5 Å². The van der Waals surface area contributed by atoms with Gasteiger partial charge in [-0.25, -0.2) is 0 Å². The van der Waals surface area contributed by atoms with Crippen LogP contribution in [0.5, 0.6) is 11.5 Å². The highest BCUT2D eigenvalue weighted by atomic mass is 16.5. The Labute approximate surface area is 143 Å². The lowest BCUT2D eigenvalue weighted by molar-refractivity contribution is 0.0714. The highest BCUT2D eigenvalue weighted by Crippen LogP contribution is 2.34. The second-order valence-corrected chi connectivity index (χ2v) is 6.12. The first-order chi connectivity index (χ1) is 11.6. The van der Waals surface area contributed by atoms with Crippen LogP contribution in [0.2, 0.25) is 0 Å². The number of methoxy groups -OCH3 is 2. The molecule has 4 nitrogen and oxygen atoms in total. The van der Waals surface area contributed by atoms with E-state index in [1.165, 1.54) is 11.1 Å². The molecule has 1 atom stereocenters. The summed E-state index contributed by atoms with van der Waals surface area (Å²) in [6.07, 6.45) is 3.17. The summed E-state index contributed by atoms with van der Waals surface area (Å²) in [7, 11) is 5.05. The summed E-state index contributed by atoms with van der Waals surface area (Å²) in [5.74, 6) is 1.22. The molecule has 0 N–H and O–H groups in total. The predicted molar refractivity (Wildman–Crippen MR) is 93.8 cm³/mol. The number of fused-ring (bicyclic) bond motifs is 1. The van der Waals surface area contributed by atoms with E-state index in [9.17, 15) is 4.79 Å². The van der Waals surface area contributed by atoms with Gasteiger partial charge in [-0.2, -0.15) is 0 Å². The average Bonchev–Trinajstić information content (AvgIpc) is 2.65. The van der Waals surface area contributed by atoms with Crippen LogP contribution in [0, 0.1) is 0 Å². The van der Waals surface area contributed by atoms with Gasteiger partial charge in [0.15, 0.2) is 0 Å². The van der Waals surface area contributed by atoms with Crippen molar-refractivity contribution < 1.29 is 14.3 Å². The number of carbonyl (C=O) groups is 1. The highest BCUT2D eigenvalue weighted by Gasteiger charge is 2.27. The van der Waals surface area contributed by atoms with Crippen LogP contribution in [0.25, 0.3) is 0 Å². The zero-order valence-corrected chi connectivity index (χ0v) is 14.4. The summed E-state index contributed by atoms with van der Waals surface area (Å²) in [6, 6.07) is 13.8. The molecule has 0 aliphatic heterocycles. The smallest absolute Gasteiger partial charge is 0.254 e. The van der Waals surface area contributed by atoms with E-state index in [4.69, 9.17) is 9.47 Å². The van der Waals surface area contributed by atoms with Crippen LogP contribution < -0.4 is 9.47 Å². The Balaban J connectivity index is 1.91. The molecular weight excluding hydrogens is 302 g/mol. The first-order valence-corrected chi connectivity index (χ1v) is 8.22. The third kappa shape index (κ3) is 3.09. The second-order valence-electron chi connectivity index (χ2n) is 6.12. The molecule has 126 valence electrons. The van der Waals surface area contributed by atoms with Crippen LogP contribution in [0.3, 0.4) is 0 Å². The monoisotopic (exact) mass is 325 g/mol. The van der Waals surface area contributed by atoms with Crippen molar-refractivity contribution in [1.82, 2.24) is 4.90 Å². The molecule has 2 aromatic rings. The standard InChI is InChI=1S/C20H23NO3/c1-21(19-10-6-8-14-7-4-5-9-18(14)19)20(22)15-11-16(23-2)13-17(12-15)24-3/h4-5,7,9,11-13,19H,6,8,10H2,1-3H3. The quantitative estimate of drug-likeness (QED) is 0.857. The third-order valence-corrected chi connectivity index (χ3v) is 4.72. The molecule has 0 saturated carbocycles. The summed E-state index contributed by atoms with van der Waals surface area (Å²) in [4.78, 5) is 14.8. The third-order valence-electron chi connectivity index (χ3n) is 4.72. The fourth-order valence-electron chi connectivity index (χ4n) is 3.41. The molecule has 0 heterocycles. The van der Waals surface area contributed by atoms with E-state index in [1.807, 2.05) is 18.0 Å². The van der Waals surface area contributed by atoms with E-state index in [2.05, 4.69) is 18.2 Å². The Morgan fingerprint density at radius 1 is 1.08 bits per heavy atom. The summed E-state index contributed by atoms with van der Waals surface area (Å²) >= 11 is 0. The van der Waals surface area contributed by atoms with Gasteiger partial charge < -0.3 is 14.4 Å². The highest BCUT2D eigenvalue weighted by molar-refractivity contribution is 5.95. The van der Waals surface area contributed by atoms with Crippen LogP contribution in [-0.2, 0) is 6.42 Å². The molecule has 0 aromatic heterocycles. The van der Waals surface area contributed by atoms with Crippen molar-refractivity contribution in [3.8, 4) is 11.5 Å². The van der Waals surface area contributed by atoms with Crippen LogP contribution in [0.1, 0.15) is 40.4 Å². The van der Waals surface area contributed by atoms with Gasteiger partial charge in [0.1, 0.15) is 11.5 Å². The Morgan fingerprint density at radius 2 is 1.75 bits per heavy atom. The zero-order valence-electron chi connectivity index (χ0n) is 14.4. The van der Waals surface area contributed by atoms with Gasteiger partial charge in [-0.3, -0.25) is 4.79 Å². The first-order valence-electron chi connectivity index (χ1n) is 8.22. The van der Waals surface area contributed by atoms with Gasteiger partial charge >= 0.3 is 0 Å². The number of hydrogen-bond donors (Lipinski definition) is 0. The number of hydrogen-bond acceptors (Lipinski definition) is 3. The fourth-order valence-corrected chi connectivity index (χ4v) is 3.41. The Bertz CT molecular complexity index is 719. The predicted octanol–water partition coefficient (Wildman–Crippen LogP) is 3.85. The summed E-state index contributed by atoms with van der Waals surface area (Å²) in [5.41, 5.74) is 3.18. The molecule has 24 heavy (non-hydrogen) atoms. The van der Waals surface area contributed by atoms with E-state index in [0.717, 1.165) is 19.3 Å². The minimum absolute atomic E-state index is 0.0195. The van der Waals surface area contributed by atoms with Crippen molar-refractivity contribution in [2.24, 2.45) is 0 Å². The molecular formula is C20H23NO3. The fraction of sp³-hybridized carbons (Fsp3) is 0.350. The maximum atomic E-state index is 13.0. The summed E-state index contributed by atoms with van der Waals surface area (Å²) in [5, 5.41) is 0. The molecule has 0 spiro atoms. The number of aryl methyl sites for hydroxylation is 1. The Kier molecular flexibility index (Phi) is 4.74. The maximum Gasteiger partial charge on any atom is 0.254 e. The topological polar surface area (TPSA) is 38.8 Å². The van der Waals surface area contributed by atoms with Crippen molar-refractivity contribution in [2.45, 2.75) is 25.3 Å². The normalized spacial score (nSPS) is 16.2. The molecule has 1 amide bonds. The number of ether oxygens (including phenoxy) is 2. The second kappa shape index (κ2) is 6.95. The number of rotatable bonds is 4. The average molecular weight is 325 g/mol. The molecule has 2 aromatic carbocycles. The largest absolute Gasteiger partial charge is 0.497 e. The SMILES string of the molecule is COc1cc(OC)cc(C(=O)N(C)C2CCCc3ccccc32)c1. The molecule has 0 fully saturated rings. The maximum absolute atomic E-state index is 13.0. The molecule has 3 rings (SSSR count). The minimum Gasteiger partial charge on any atom is -0.497 e. The minimum atomic E-state index is -0.0195. The first kappa shape index (κ1) is 16.4. The molecule has 0 saturated heterocycles. The van der Waals surface area contributed by atoms with E-state index >= 15 is 0 Å². The van der Waals surface area contributed by atoms with E-state index < -0.39 is 0 Å². The van der Waals surface area contributed by atoms with Crippen LogP contribution in [-0.4, -0.2) is 32.1 Å². The molecule has 0 bridgehead atoms.